The van der Waals surface area contributed by atoms with E-state index in [1.807, 2.05) is 6.92 Å². The van der Waals surface area contributed by atoms with E-state index in [0.29, 0.717) is 11.8 Å². The first-order valence-electron chi connectivity index (χ1n) is 4.58. The summed E-state index contributed by atoms with van der Waals surface area (Å²) in [7, 11) is 0. The molecule has 2 heterocycles. The van der Waals surface area contributed by atoms with Gasteiger partial charge in [0.1, 0.15) is 0 Å². The maximum absolute atomic E-state index is 5.69. The number of nitrogens with zero attached hydrogens (tertiary/aromatic N) is 1. The Hall–Kier alpha value is -1.03. The van der Waals surface area contributed by atoms with E-state index < -0.39 is 0 Å². The summed E-state index contributed by atoms with van der Waals surface area (Å²) in [5.41, 5.74) is 7.63. The molecule has 2 rings (SSSR count). The van der Waals surface area contributed by atoms with Crippen LogP contribution >= 0.6 is 0 Å². The lowest BCUT2D eigenvalue weighted by Gasteiger charge is -2.21. The molecule has 1 atom stereocenters. The van der Waals surface area contributed by atoms with Crippen molar-refractivity contribution >= 4 is 5.88 Å². The average Bonchev–Trinajstić information content (AvgIpc) is 2.48. The molecule has 0 saturated carbocycles. The number of aryl methyl sites for hydroxylation is 1. The van der Waals surface area contributed by atoms with E-state index >= 15 is 0 Å². The molecule has 0 amide bonds. The number of ether oxygens (including phenoxy) is 1. The molecular weight excluding hydrogens is 168 g/mol. The molecule has 0 aliphatic carbocycles. The van der Waals surface area contributed by atoms with Gasteiger partial charge in [-0.1, -0.05) is 5.16 Å². The average molecular weight is 182 g/mol. The van der Waals surface area contributed by atoms with Crippen LogP contribution < -0.4 is 5.73 Å². The van der Waals surface area contributed by atoms with Gasteiger partial charge in [-0.15, -0.1) is 0 Å². The number of aromatic nitrogens is 1. The van der Waals surface area contributed by atoms with Crippen molar-refractivity contribution in [3.63, 3.8) is 0 Å². The number of nitrogens with two attached hydrogens (primary N) is 1. The summed E-state index contributed by atoms with van der Waals surface area (Å²) in [6.07, 6.45) is 2.21. The topological polar surface area (TPSA) is 61.3 Å². The van der Waals surface area contributed by atoms with E-state index in [1.165, 1.54) is 0 Å². The van der Waals surface area contributed by atoms with Crippen molar-refractivity contribution in [2.24, 2.45) is 0 Å². The number of anilines is 1. The zero-order valence-electron chi connectivity index (χ0n) is 7.75. The lowest BCUT2D eigenvalue weighted by atomic mass is 9.93. The van der Waals surface area contributed by atoms with Crippen molar-refractivity contribution in [2.75, 3.05) is 18.9 Å². The molecule has 1 aliphatic rings. The van der Waals surface area contributed by atoms with E-state index in [-0.39, 0.29) is 0 Å². The van der Waals surface area contributed by atoms with Gasteiger partial charge in [0.2, 0.25) is 5.88 Å². The fraction of sp³-hybridized carbons (Fsp3) is 0.667. The van der Waals surface area contributed by atoms with Gasteiger partial charge in [-0.2, -0.15) is 0 Å². The second-order valence-electron chi connectivity index (χ2n) is 3.46. The Bertz CT molecular complexity index is 270. The Morgan fingerprint density at radius 1 is 1.54 bits per heavy atom. The molecule has 2 N–H and O–H groups in total. The minimum absolute atomic E-state index is 0.375. The molecule has 1 fully saturated rings. The van der Waals surface area contributed by atoms with Crippen LogP contribution in [-0.2, 0) is 4.74 Å². The molecule has 1 aromatic heterocycles. The second-order valence-corrected chi connectivity index (χ2v) is 3.46. The van der Waals surface area contributed by atoms with Gasteiger partial charge in [-0.25, -0.2) is 0 Å². The lowest BCUT2D eigenvalue weighted by Crippen LogP contribution is -2.16. The molecule has 13 heavy (non-hydrogen) atoms. The van der Waals surface area contributed by atoms with Crippen molar-refractivity contribution in [1.29, 1.82) is 0 Å². The standard InChI is InChI=1S/C9H14N2O2/c1-6-8(9(10)13-11-6)7-3-2-4-12-5-7/h7H,2-5,10H2,1H3. The van der Waals surface area contributed by atoms with Crippen molar-refractivity contribution < 1.29 is 9.26 Å². The van der Waals surface area contributed by atoms with Crippen molar-refractivity contribution in [3.05, 3.63) is 11.3 Å². The van der Waals surface area contributed by atoms with E-state index in [4.69, 9.17) is 15.0 Å². The van der Waals surface area contributed by atoms with Crippen LogP contribution in [0.4, 0.5) is 5.88 Å². The largest absolute Gasteiger partial charge is 0.381 e. The Morgan fingerprint density at radius 3 is 2.92 bits per heavy atom. The minimum Gasteiger partial charge on any atom is -0.381 e. The molecule has 0 radical (unpaired) electrons. The van der Waals surface area contributed by atoms with Crippen LogP contribution in [-0.4, -0.2) is 18.4 Å². The van der Waals surface area contributed by atoms with Crippen LogP contribution in [0.3, 0.4) is 0 Å². The highest BCUT2D eigenvalue weighted by atomic mass is 16.5. The van der Waals surface area contributed by atoms with Gasteiger partial charge in [0.05, 0.1) is 12.3 Å². The van der Waals surface area contributed by atoms with Gasteiger partial charge in [0.25, 0.3) is 0 Å². The molecule has 1 saturated heterocycles. The van der Waals surface area contributed by atoms with Crippen LogP contribution in [0.15, 0.2) is 4.52 Å². The molecule has 1 unspecified atom stereocenters. The lowest BCUT2D eigenvalue weighted by molar-refractivity contribution is 0.0803. The van der Waals surface area contributed by atoms with Gasteiger partial charge in [-0.05, 0) is 19.8 Å². The summed E-state index contributed by atoms with van der Waals surface area (Å²) in [5.74, 6) is 0.827. The van der Waals surface area contributed by atoms with Crippen LogP contribution in [0.5, 0.6) is 0 Å². The minimum atomic E-state index is 0.375. The maximum Gasteiger partial charge on any atom is 0.225 e. The van der Waals surface area contributed by atoms with Crippen molar-refractivity contribution in [1.82, 2.24) is 5.16 Å². The van der Waals surface area contributed by atoms with Gasteiger partial charge in [0.15, 0.2) is 0 Å². The molecule has 4 heteroatoms. The first-order chi connectivity index (χ1) is 6.29. The quantitative estimate of drug-likeness (QED) is 0.714. The SMILES string of the molecule is Cc1noc(N)c1C1CCCOC1. The van der Waals surface area contributed by atoms with Crippen LogP contribution in [0.25, 0.3) is 0 Å². The van der Waals surface area contributed by atoms with Gasteiger partial charge >= 0.3 is 0 Å². The first-order valence-corrected chi connectivity index (χ1v) is 4.58. The zero-order chi connectivity index (χ0) is 9.26. The molecule has 4 nitrogen and oxygen atoms in total. The normalized spacial score (nSPS) is 23.3. The van der Waals surface area contributed by atoms with Crippen LogP contribution in [0.1, 0.15) is 30.0 Å². The van der Waals surface area contributed by atoms with E-state index in [0.717, 1.165) is 37.3 Å². The second kappa shape index (κ2) is 3.38. The molecule has 1 aromatic rings. The number of hydrogen-bond donors (Lipinski definition) is 1. The smallest absolute Gasteiger partial charge is 0.225 e. The number of nitrogen functional groups attached to an aromatic ring is 1. The van der Waals surface area contributed by atoms with Gasteiger partial charge in [0, 0.05) is 18.1 Å². The van der Waals surface area contributed by atoms with Gasteiger partial charge in [-0.3, -0.25) is 0 Å². The van der Waals surface area contributed by atoms with E-state index in [1.54, 1.807) is 0 Å². The number of hydrogen-bond acceptors (Lipinski definition) is 4. The highest BCUT2D eigenvalue weighted by Gasteiger charge is 2.23. The molecule has 0 spiro atoms. The predicted octanol–water partition coefficient (Wildman–Crippen LogP) is 1.46. The summed E-state index contributed by atoms with van der Waals surface area (Å²) in [6.45, 7) is 3.52. The Labute approximate surface area is 77.0 Å². The highest BCUT2D eigenvalue weighted by Crippen LogP contribution is 2.31. The summed E-state index contributed by atoms with van der Waals surface area (Å²) in [4.78, 5) is 0. The molecule has 0 aromatic carbocycles. The Morgan fingerprint density at radius 2 is 2.38 bits per heavy atom. The maximum atomic E-state index is 5.69. The summed E-state index contributed by atoms with van der Waals surface area (Å²) in [5, 5.41) is 3.84. The summed E-state index contributed by atoms with van der Waals surface area (Å²) >= 11 is 0. The van der Waals surface area contributed by atoms with E-state index in [9.17, 15) is 0 Å². The van der Waals surface area contributed by atoms with Crippen molar-refractivity contribution in [2.45, 2.75) is 25.7 Å². The molecule has 72 valence electrons. The third-order valence-corrected chi connectivity index (χ3v) is 2.50. The summed E-state index contributed by atoms with van der Waals surface area (Å²) < 4.78 is 10.3. The first kappa shape index (κ1) is 8.56. The Kier molecular flexibility index (Phi) is 2.22. The zero-order valence-corrected chi connectivity index (χ0v) is 7.75. The molecular formula is C9H14N2O2. The van der Waals surface area contributed by atoms with Crippen molar-refractivity contribution in [3.8, 4) is 0 Å². The van der Waals surface area contributed by atoms with Gasteiger partial charge < -0.3 is 15.0 Å². The van der Waals surface area contributed by atoms with Crippen LogP contribution in [0, 0.1) is 6.92 Å². The van der Waals surface area contributed by atoms with Crippen LogP contribution in [0.2, 0.25) is 0 Å². The third-order valence-electron chi connectivity index (χ3n) is 2.50. The third kappa shape index (κ3) is 1.54. The number of rotatable bonds is 1. The fourth-order valence-electron chi connectivity index (χ4n) is 1.86. The fourth-order valence-corrected chi connectivity index (χ4v) is 1.86. The monoisotopic (exact) mass is 182 g/mol. The molecule has 1 aliphatic heterocycles. The highest BCUT2D eigenvalue weighted by molar-refractivity contribution is 5.41. The van der Waals surface area contributed by atoms with E-state index in [2.05, 4.69) is 5.16 Å². The Balaban J connectivity index is 2.22. The summed E-state index contributed by atoms with van der Waals surface area (Å²) in [6, 6.07) is 0. The predicted molar refractivity (Wildman–Crippen MR) is 48.4 cm³/mol. The molecule has 0 bridgehead atoms.